The topological polar surface area (TPSA) is 95.1 Å². The number of carbonyl (C=O) groups is 2. The number of hydrogen-bond acceptors (Lipinski definition) is 3. The van der Waals surface area contributed by atoms with Crippen molar-refractivity contribution < 1.29 is 14.7 Å². The number of amides is 1. The molecule has 7 heteroatoms. The first kappa shape index (κ1) is 13.1. The minimum absolute atomic E-state index is 0.0898. The van der Waals surface area contributed by atoms with Crippen molar-refractivity contribution in [1.29, 1.82) is 0 Å². The Balaban J connectivity index is 2.01. The number of carboxylic acids is 1. The van der Waals surface area contributed by atoms with Gasteiger partial charge in [0.05, 0.1) is 6.42 Å². The van der Waals surface area contributed by atoms with Crippen LogP contribution in [-0.4, -0.2) is 27.2 Å². The van der Waals surface area contributed by atoms with Crippen molar-refractivity contribution in [3.05, 3.63) is 46.6 Å². The molecule has 1 aromatic heterocycles. The maximum atomic E-state index is 11.7. The molecule has 0 unspecified atom stereocenters. The number of aromatic carboxylic acids is 1. The summed E-state index contributed by atoms with van der Waals surface area (Å²) in [4.78, 5) is 22.4. The number of carbonyl (C=O) groups excluding carboxylic acids is 1. The highest BCUT2D eigenvalue weighted by Gasteiger charge is 2.11. The minimum Gasteiger partial charge on any atom is -0.477 e. The number of anilines is 1. The number of aromatic nitrogens is 2. The van der Waals surface area contributed by atoms with Crippen molar-refractivity contribution in [3.8, 4) is 0 Å². The molecule has 1 aromatic carbocycles. The predicted octanol–water partition coefficient (Wildman–Crippen LogP) is 1.94. The highest BCUT2D eigenvalue weighted by atomic mass is 35.5. The molecule has 0 aliphatic carbocycles. The molecule has 2 aromatic rings. The van der Waals surface area contributed by atoms with Crippen LogP contribution in [-0.2, 0) is 11.2 Å². The van der Waals surface area contributed by atoms with E-state index in [2.05, 4.69) is 15.5 Å². The average molecular weight is 280 g/mol. The largest absolute Gasteiger partial charge is 0.477 e. The van der Waals surface area contributed by atoms with Gasteiger partial charge in [-0.3, -0.25) is 9.89 Å². The van der Waals surface area contributed by atoms with Crippen molar-refractivity contribution in [2.75, 3.05) is 5.32 Å². The van der Waals surface area contributed by atoms with Gasteiger partial charge in [0.1, 0.15) is 5.69 Å². The maximum absolute atomic E-state index is 11.7. The quantitative estimate of drug-likeness (QED) is 0.797. The number of carboxylic acid groups (broad SMARTS) is 1. The van der Waals surface area contributed by atoms with Gasteiger partial charge >= 0.3 is 5.97 Å². The molecule has 0 atom stereocenters. The second kappa shape index (κ2) is 5.53. The molecule has 0 radical (unpaired) electrons. The van der Waals surface area contributed by atoms with Gasteiger partial charge in [-0.05, 0) is 11.6 Å². The van der Waals surface area contributed by atoms with E-state index in [0.717, 1.165) is 0 Å². The van der Waals surface area contributed by atoms with Crippen molar-refractivity contribution >= 4 is 29.3 Å². The zero-order valence-electron chi connectivity index (χ0n) is 9.68. The van der Waals surface area contributed by atoms with Crippen LogP contribution in [0, 0.1) is 0 Å². The zero-order valence-corrected chi connectivity index (χ0v) is 10.4. The van der Waals surface area contributed by atoms with Crippen molar-refractivity contribution in [3.63, 3.8) is 0 Å². The molecule has 0 spiro atoms. The summed E-state index contributed by atoms with van der Waals surface area (Å²) in [6.45, 7) is 0. The third kappa shape index (κ3) is 3.32. The van der Waals surface area contributed by atoms with Gasteiger partial charge in [0.15, 0.2) is 5.82 Å². The monoisotopic (exact) mass is 279 g/mol. The average Bonchev–Trinajstić information content (AvgIpc) is 2.80. The van der Waals surface area contributed by atoms with Gasteiger partial charge in [-0.2, -0.15) is 5.10 Å². The number of rotatable bonds is 4. The van der Waals surface area contributed by atoms with E-state index in [4.69, 9.17) is 16.7 Å². The SMILES string of the molecule is O=C(Cc1ccccc1Cl)Nc1cc(C(=O)O)[nH]n1. The Kier molecular flexibility index (Phi) is 3.82. The first-order valence-corrected chi connectivity index (χ1v) is 5.76. The van der Waals surface area contributed by atoms with E-state index in [-0.39, 0.29) is 23.8 Å². The molecule has 19 heavy (non-hydrogen) atoms. The third-order valence-electron chi connectivity index (χ3n) is 2.38. The standard InChI is InChI=1S/C12H10ClN3O3/c13-8-4-2-1-3-7(8)5-11(17)14-10-6-9(12(18)19)15-16-10/h1-4,6H,5H2,(H,18,19)(H2,14,15,16,17). The highest BCUT2D eigenvalue weighted by molar-refractivity contribution is 6.31. The van der Waals surface area contributed by atoms with Crippen LogP contribution < -0.4 is 5.32 Å². The summed E-state index contributed by atoms with van der Waals surface area (Å²) in [7, 11) is 0. The minimum atomic E-state index is -1.14. The number of nitrogens with one attached hydrogen (secondary N) is 2. The normalized spacial score (nSPS) is 10.2. The van der Waals surface area contributed by atoms with Crippen LogP contribution in [0.15, 0.2) is 30.3 Å². The van der Waals surface area contributed by atoms with Gasteiger partial charge < -0.3 is 10.4 Å². The van der Waals surface area contributed by atoms with Gasteiger partial charge in [-0.25, -0.2) is 4.79 Å². The number of nitrogens with zero attached hydrogens (tertiary/aromatic N) is 1. The molecule has 0 saturated heterocycles. The fourth-order valence-corrected chi connectivity index (χ4v) is 1.70. The summed E-state index contributed by atoms with van der Waals surface area (Å²) in [6, 6.07) is 8.24. The lowest BCUT2D eigenvalue weighted by Gasteiger charge is -2.03. The molecule has 6 nitrogen and oxygen atoms in total. The fourth-order valence-electron chi connectivity index (χ4n) is 1.50. The van der Waals surface area contributed by atoms with E-state index in [0.29, 0.717) is 10.6 Å². The summed E-state index contributed by atoms with van der Waals surface area (Å²) in [5.41, 5.74) is 0.601. The van der Waals surface area contributed by atoms with Crippen LogP contribution in [0.5, 0.6) is 0 Å². The van der Waals surface area contributed by atoms with Crippen molar-refractivity contribution in [2.24, 2.45) is 0 Å². The molecule has 0 saturated carbocycles. The Bertz CT molecular complexity index is 624. The Morgan fingerprint density at radius 2 is 2.11 bits per heavy atom. The molecule has 0 fully saturated rings. The van der Waals surface area contributed by atoms with Crippen LogP contribution >= 0.6 is 11.6 Å². The van der Waals surface area contributed by atoms with E-state index >= 15 is 0 Å². The van der Waals surface area contributed by atoms with E-state index in [1.807, 2.05) is 0 Å². The van der Waals surface area contributed by atoms with Crippen LogP contribution in [0.4, 0.5) is 5.82 Å². The summed E-state index contributed by atoms with van der Waals surface area (Å²) >= 11 is 5.94. The van der Waals surface area contributed by atoms with Crippen LogP contribution in [0.2, 0.25) is 5.02 Å². The Morgan fingerprint density at radius 1 is 1.37 bits per heavy atom. The lowest BCUT2D eigenvalue weighted by molar-refractivity contribution is -0.115. The van der Waals surface area contributed by atoms with E-state index in [9.17, 15) is 9.59 Å². The highest BCUT2D eigenvalue weighted by Crippen LogP contribution is 2.16. The molecular formula is C12H10ClN3O3. The lowest BCUT2D eigenvalue weighted by atomic mass is 10.1. The number of halogens is 1. The van der Waals surface area contributed by atoms with E-state index in [1.54, 1.807) is 24.3 Å². The second-order valence-electron chi connectivity index (χ2n) is 3.79. The Labute approximate surface area is 113 Å². The van der Waals surface area contributed by atoms with Crippen LogP contribution in [0.25, 0.3) is 0 Å². The molecule has 1 heterocycles. The number of H-pyrrole nitrogens is 1. The zero-order chi connectivity index (χ0) is 13.8. The first-order valence-electron chi connectivity index (χ1n) is 5.38. The van der Waals surface area contributed by atoms with Crippen molar-refractivity contribution in [1.82, 2.24) is 10.2 Å². The van der Waals surface area contributed by atoms with Gasteiger partial charge in [0.2, 0.25) is 5.91 Å². The summed E-state index contributed by atoms with van der Waals surface area (Å²) < 4.78 is 0. The molecule has 3 N–H and O–H groups in total. The van der Waals surface area contributed by atoms with Crippen LogP contribution in [0.3, 0.4) is 0 Å². The molecule has 2 rings (SSSR count). The van der Waals surface area contributed by atoms with Gasteiger partial charge in [-0.15, -0.1) is 0 Å². The first-order chi connectivity index (χ1) is 9.06. The number of benzene rings is 1. The number of aromatic amines is 1. The maximum Gasteiger partial charge on any atom is 0.353 e. The Morgan fingerprint density at radius 3 is 2.74 bits per heavy atom. The summed E-state index contributed by atoms with van der Waals surface area (Å²) in [5.74, 6) is -1.30. The second-order valence-corrected chi connectivity index (χ2v) is 4.20. The van der Waals surface area contributed by atoms with Gasteiger partial charge in [0, 0.05) is 11.1 Å². The molecule has 0 aliphatic rings. The van der Waals surface area contributed by atoms with Crippen molar-refractivity contribution in [2.45, 2.75) is 6.42 Å². The Hall–Kier alpha value is -2.34. The molecule has 1 amide bonds. The van der Waals surface area contributed by atoms with Gasteiger partial charge in [0.25, 0.3) is 0 Å². The summed E-state index contributed by atoms with van der Waals surface area (Å²) in [5, 5.41) is 17.7. The van der Waals surface area contributed by atoms with Gasteiger partial charge in [-0.1, -0.05) is 29.8 Å². The molecule has 0 bridgehead atoms. The number of hydrogen-bond donors (Lipinski definition) is 3. The molecule has 0 aliphatic heterocycles. The lowest BCUT2D eigenvalue weighted by Crippen LogP contribution is -2.14. The predicted molar refractivity (Wildman–Crippen MR) is 69.3 cm³/mol. The summed E-state index contributed by atoms with van der Waals surface area (Å²) in [6.07, 6.45) is 0.0922. The molecular weight excluding hydrogens is 270 g/mol. The fraction of sp³-hybridized carbons (Fsp3) is 0.0833. The smallest absolute Gasteiger partial charge is 0.353 e. The molecule has 98 valence electrons. The van der Waals surface area contributed by atoms with E-state index < -0.39 is 5.97 Å². The van der Waals surface area contributed by atoms with E-state index in [1.165, 1.54) is 6.07 Å². The third-order valence-corrected chi connectivity index (χ3v) is 2.75. The van der Waals surface area contributed by atoms with Crippen LogP contribution in [0.1, 0.15) is 16.1 Å².